The molecule has 76 valence electrons. The number of rotatable bonds is 0. The topological polar surface area (TPSA) is 29.5 Å². The van der Waals surface area contributed by atoms with Gasteiger partial charge in [0.1, 0.15) is 0 Å². The van der Waals surface area contributed by atoms with E-state index in [-0.39, 0.29) is 12.8 Å². The van der Waals surface area contributed by atoms with E-state index < -0.39 is 17.8 Å². The van der Waals surface area contributed by atoms with Crippen LogP contribution in [0.5, 0.6) is 0 Å². The average Bonchev–Trinajstić information content (AvgIpc) is 2.41. The van der Waals surface area contributed by atoms with E-state index in [1.165, 1.54) is 0 Å². The van der Waals surface area contributed by atoms with E-state index in [1.54, 1.807) is 0 Å². The van der Waals surface area contributed by atoms with Gasteiger partial charge in [-0.05, 0) is 19.3 Å². The normalized spacial score (nSPS) is 36.7. The van der Waals surface area contributed by atoms with E-state index in [1.807, 2.05) is 0 Å². The predicted octanol–water partition coefficient (Wildman–Crippen LogP) is 2.06. The molecule has 2 aliphatic rings. The van der Waals surface area contributed by atoms with Crippen LogP contribution in [0.15, 0.2) is 0 Å². The van der Waals surface area contributed by atoms with E-state index in [4.69, 9.17) is 9.84 Å². The van der Waals surface area contributed by atoms with E-state index in [9.17, 15) is 8.78 Å². The van der Waals surface area contributed by atoms with Crippen molar-refractivity contribution in [1.82, 2.24) is 0 Å². The van der Waals surface area contributed by atoms with E-state index in [0.717, 1.165) is 6.42 Å². The van der Waals surface area contributed by atoms with Crippen molar-refractivity contribution in [2.75, 3.05) is 0 Å². The van der Waals surface area contributed by atoms with Crippen LogP contribution in [0.25, 0.3) is 0 Å². The summed E-state index contributed by atoms with van der Waals surface area (Å²) in [4.78, 5) is 0. The smallest absolute Gasteiger partial charge is 0.248 e. The summed E-state index contributed by atoms with van der Waals surface area (Å²) in [7, 11) is 0. The van der Waals surface area contributed by atoms with Gasteiger partial charge in [-0.2, -0.15) is 0 Å². The standard InChI is InChI=1S/C9H14F2O2/c10-9(11)5-3-8(4-6-9)2-1-7(12)13-8/h7,12H,1-6H2. The zero-order valence-corrected chi connectivity index (χ0v) is 7.43. The molecule has 1 aliphatic carbocycles. The molecule has 13 heavy (non-hydrogen) atoms. The first-order chi connectivity index (χ1) is 6.02. The molecule has 4 heteroatoms. The zero-order valence-electron chi connectivity index (χ0n) is 7.43. The van der Waals surface area contributed by atoms with Crippen LogP contribution in [0.4, 0.5) is 8.78 Å². The van der Waals surface area contributed by atoms with Crippen molar-refractivity contribution < 1.29 is 18.6 Å². The van der Waals surface area contributed by atoms with Gasteiger partial charge in [-0.25, -0.2) is 8.78 Å². The fourth-order valence-corrected chi connectivity index (χ4v) is 2.23. The summed E-state index contributed by atoms with van der Waals surface area (Å²) in [6.07, 6.45) is 1.16. The number of hydrogen-bond acceptors (Lipinski definition) is 2. The van der Waals surface area contributed by atoms with Gasteiger partial charge in [0.25, 0.3) is 0 Å². The van der Waals surface area contributed by atoms with Crippen molar-refractivity contribution in [1.29, 1.82) is 0 Å². The Kier molecular flexibility index (Phi) is 2.07. The van der Waals surface area contributed by atoms with Crippen molar-refractivity contribution in [2.24, 2.45) is 0 Å². The third-order valence-electron chi connectivity index (χ3n) is 3.13. The molecule has 1 unspecified atom stereocenters. The van der Waals surface area contributed by atoms with Crippen LogP contribution in [0.2, 0.25) is 0 Å². The van der Waals surface area contributed by atoms with Crippen LogP contribution < -0.4 is 0 Å². The molecule has 0 aromatic heterocycles. The molecule has 2 nitrogen and oxygen atoms in total. The van der Waals surface area contributed by atoms with Crippen molar-refractivity contribution in [3.8, 4) is 0 Å². The van der Waals surface area contributed by atoms with Gasteiger partial charge >= 0.3 is 0 Å². The Balaban J connectivity index is 1.97. The van der Waals surface area contributed by atoms with Crippen LogP contribution in [0.3, 0.4) is 0 Å². The third-order valence-corrected chi connectivity index (χ3v) is 3.13. The maximum atomic E-state index is 12.8. The molecule has 2 rings (SSSR count). The first-order valence-corrected chi connectivity index (χ1v) is 4.75. The Labute approximate surface area is 75.9 Å². The Bertz CT molecular complexity index is 196. The molecular weight excluding hydrogens is 178 g/mol. The Morgan fingerprint density at radius 2 is 1.69 bits per heavy atom. The second kappa shape index (κ2) is 2.89. The average molecular weight is 192 g/mol. The molecule has 0 aromatic carbocycles. The van der Waals surface area contributed by atoms with Crippen LogP contribution in [0.1, 0.15) is 38.5 Å². The van der Waals surface area contributed by atoms with Gasteiger partial charge in [0.15, 0.2) is 6.29 Å². The molecule has 1 aliphatic heterocycles. The number of aliphatic hydroxyl groups is 1. The van der Waals surface area contributed by atoms with Gasteiger partial charge in [-0.1, -0.05) is 0 Å². The van der Waals surface area contributed by atoms with E-state index >= 15 is 0 Å². The second-order valence-corrected chi connectivity index (χ2v) is 4.15. The van der Waals surface area contributed by atoms with Crippen molar-refractivity contribution in [2.45, 2.75) is 56.3 Å². The molecule has 0 bridgehead atoms. The monoisotopic (exact) mass is 192 g/mol. The molecule has 1 spiro atoms. The Morgan fingerprint density at radius 1 is 1.08 bits per heavy atom. The Morgan fingerprint density at radius 3 is 2.15 bits per heavy atom. The van der Waals surface area contributed by atoms with E-state index in [2.05, 4.69) is 0 Å². The second-order valence-electron chi connectivity index (χ2n) is 4.15. The lowest BCUT2D eigenvalue weighted by Gasteiger charge is -2.36. The molecule has 1 heterocycles. The minimum Gasteiger partial charge on any atom is -0.368 e. The summed E-state index contributed by atoms with van der Waals surface area (Å²) in [5.41, 5.74) is -0.429. The summed E-state index contributed by atoms with van der Waals surface area (Å²) in [5, 5.41) is 9.17. The van der Waals surface area contributed by atoms with Gasteiger partial charge in [-0.3, -0.25) is 0 Å². The molecule has 0 radical (unpaired) electrons. The number of hydrogen-bond donors (Lipinski definition) is 1. The first-order valence-electron chi connectivity index (χ1n) is 4.75. The number of alkyl halides is 2. The highest BCUT2D eigenvalue weighted by atomic mass is 19.3. The van der Waals surface area contributed by atoms with Gasteiger partial charge in [0, 0.05) is 19.3 Å². The summed E-state index contributed by atoms with van der Waals surface area (Å²) in [6, 6.07) is 0. The number of aliphatic hydroxyl groups excluding tert-OH is 1. The minimum absolute atomic E-state index is 0.0975. The zero-order chi connectivity index (χ0) is 9.53. The van der Waals surface area contributed by atoms with Crippen molar-refractivity contribution >= 4 is 0 Å². The summed E-state index contributed by atoms with van der Waals surface area (Å²) in [6.45, 7) is 0. The summed E-state index contributed by atoms with van der Waals surface area (Å²) < 4.78 is 30.9. The fourth-order valence-electron chi connectivity index (χ4n) is 2.23. The maximum Gasteiger partial charge on any atom is 0.248 e. The van der Waals surface area contributed by atoms with Gasteiger partial charge < -0.3 is 9.84 Å². The van der Waals surface area contributed by atoms with Crippen LogP contribution >= 0.6 is 0 Å². The highest BCUT2D eigenvalue weighted by molar-refractivity contribution is 4.93. The lowest BCUT2D eigenvalue weighted by atomic mass is 9.81. The van der Waals surface area contributed by atoms with E-state index in [0.29, 0.717) is 19.3 Å². The lowest BCUT2D eigenvalue weighted by molar-refractivity contribution is -0.174. The summed E-state index contributed by atoms with van der Waals surface area (Å²) >= 11 is 0. The molecule has 1 saturated heterocycles. The van der Waals surface area contributed by atoms with Crippen LogP contribution in [-0.2, 0) is 4.74 Å². The third kappa shape index (κ3) is 1.83. The van der Waals surface area contributed by atoms with Crippen molar-refractivity contribution in [3.63, 3.8) is 0 Å². The largest absolute Gasteiger partial charge is 0.368 e. The maximum absolute atomic E-state index is 12.8. The van der Waals surface area contributed by atoms with Crippen molar-refractivity contribution in [3.05, 3.63) is 0 Å². The number of ether oxygens (including phenoxy) is 1. The fraction of sp³-hybridized carbons (Fsp3) is 1.00. The quantitative estimate of drug-likeness (QED) is 0.636. The molecule has 0 aromatic rings. The van der Waals surface area contributed by atoms with Gasteiger partial charge in [-0.15, -0.1) is 0 Å². The Hall–Kier alpha value is -0.220. The summed E-state index contributed by atoms with van der Waals surface area (Å²) in [5.74, 6) is -2.51. The molecule has 1 atom stereocenters. The molecule has 2 fully saturated rings. The van der Waals surface area contributed by atoms with Gasteiger partial charge in [0.05, 0.1) is 5.60 Å². The predicted molar refractivity (Wildman–Crippen MR) is 42.5 cm³/mol. The number of halogens is 2. The first kappa shape index (κ1) is 9.34. The molecule has 0 amide bonds. The minimum atomic E-state index is -2.51. The molecule has 1 N–H and O–H groups in total. The highest BCUT2D eigenvalue weighted by Gasteiger charge is 2.47. The van der Waals surface area contributed by atoms with Gasteiger partial charge in [0.2, 0.25) is 5.92 Å². The SMILES string of the molecule is OC1CCC2(CCC(F)(F)CC2)O1. The lowest BCUT2D eigenvalue weighted by Crippen LogP contribution is -2.38. The van der Waals surface area contributed by atoms with Crippen LogP contribution in [0, 0.1) is 0 Å². The highest BCUT2D eigenvalue weighted by Crippen LogP contribution is 2.46. The van der Waals surface area contributed by atoms with Crippen LogP contribution in [-0.4, -0.2) is 22.9 Å². The molecular formula is C9H14F2O2. The molecule has 1 saturated carbocycles.